The van der Waals surface area contributed by atoms with E-state index in [1.54, 1.807) is 6.92 Å². The molecule has 0 aromatic heterocycles. The third-order valence-electron chi connectivity index (χ3n) is 3.02. The normalized spacial score (nSPS) is 12.0. The summed E-state index contributed by atoms with van der Waals surface area (Å²) in [6.07, 6.45) is -0.818. The van der Waals surface area contributed by atoms with Gasteiger partial charge < -0.3 is 24.6 Å². The highest BCUT2D eigenvalue weighted by molar-refractivity contribution is 5.97. The molecular formula is C17H25NO6. The lowest BCUT2D eigenvalue weighted by Gasteiger charge is -2.18. The molecule has 0 saturated heterocycles. The van der Waals surface area contributed by atoms with Crippen LogP contribution in [0.2, 0.25) is 0 Å². The average Bonchev–Trinajstić information content (AvgIpc) is 2.52. The van der Waals surface area contributed by atoms with E-state index < -0.39 is 12.1 Å². The molecule has 0 bridgehead atoms. The van der Waals surface area contributed by atoms with Crippen LogP contribution in [0.25, 0.3) is 0 Å². The number of hydrogen-bond acceptors (Lipinski definition) is 5. The Morgan fingerprint density at radius 3 is 2.50 bits per heavy atom. The van der Waals surface area contributed by atoms with E-state index in [0.29, 0.717) is 31.3 Å². The van der Waals surface area contributed by atoms with Crippen LogP contribution in [0.4, 0.5) is 5.69 Å². The maximum Gasteiger partial charge on any atom is 0.335 e. The maximum atomic E-state index is 12.2. The summed E-state index contributed by atoms with van der Waals surface area (Å²) >= 11 is 0. The summed E-state index contributed by atoms with van der Waals surface area (Å²) in [4.78, 5) is 23.3. The first kappa shape index (κ1) is 19.9. The van der Waals surface area contributed by atoms with Crippen LogP contribution >= 0.6 is 0 Å². The monoisotopic (exact) mass is 339 g/mol. The Morgan fingerprint density at radius 1 is 1.21 bits per heavy atom. The minimum absolute atomic E-state index is 0.0614. The molecule has 134 valence electrons. The van der Waals surface area contributed by atoms with Gasteiger partial charge in [-0.15, -0.1) is 0 Å². The van der Waals surface area contributed by atoms with E-state index >= 15 is 0 Å². The molecule has 0 aliphatic rings. The van der Waals surface area contributed by atoms with Gasteiger partial charge in [0.2, 0.25) is 0 Å². The summed E-state index contributed by atoms with van der Waals surface area (Å²) in [6.45, 7) is 8.47. The molecule has 1 aromatic carbocycles. The Morgan fingerprint density at radius 2 is 1.92 bits per heavy atom. The molecule has 0 aliphatic heterocycles. The number of hydrogen-bond donors (Lipinski definition) is 2. The Balaban J connectivity index is 2.80. The van der Waals surface area contributed by atoms with Gasteiger partial charge in [0.25, 0.3) is 5.91 Å². The van der Waals surface area contributed by atoms with Crippen molar-refractivity contribution in [2.45, 2.75) is 39.9 Å². The number of benzene rings is 1. The van der Waals surface area contributed by atoms with E-state index in [0.717, 1.165) is 0 Å². The van der Waals surface area contributed by atoms with Crippen LogP contribution in [0.1, 0.15) is 38.1 Å². The van der Waals surface area contributed by atoms with E-state index in [-0.39, 0.29) is 17.6 Å². The second-order valence-corrected chi connectivity index (χ2v) is 5.38. The van der Waals surface area contributed by atoms with Crippen molar-refractivity contribution in [3.05, 3.63) is 23.8 Å². The van der Waals surface area contributed by atoms with Gasteiger partial charge in [-0.1, -0.05) is 0 Å². The lowest BCUT2D eigenvalue weighted by Crippen LogP contribution is -2.29. The number of rotatable bonds is 10. The zero-order valence-corrected chi connectivity index (χ0v) is 14.5. The molecule has 1 amide bonds. The van der Waals surface area contributed by atoms with Crippen molar-refractivity contribution < 1.29 is 28.9 Å². The number of carbonyl (C=O) groups excluding carboxylic acids is 1. The van der Waals surface area contributed by atoms with Crippen molar-refractivity contribution in [2.75, 3.05) is 25.1 Å². The summed E-state index contributed by atoms with van der Waals surface area (Å²) in [5.41, 5.74) is 0.361. The third kappa shape index (κ3) is 6.55. The largest absolute Gasteiger partial charge is 0.489 e. The Hall–Kier alpha value is -2.12. The maximum absolute atomic E-state index is 12.2. The second kappa shape index (κ2) is 9.89. The van der Waals surface area contributed by atoms with Crippen molar-refractivity contribution >= 4 is 17.6 Å². The molecule has 1 rings (SSSR count). The Kier molecular flexibility index (Phi) is 8.21. The number of carboxylic acid groups (broad SMARTS) is 1. The van der Waals surface area contributed by atoms with Gasteiger partial charge in [-0.3, -0.25) is 4.79 Å². The van der Waals surface area contributed by atoms with E-state index in [1.807, 2.05) is 20.8 Å². The predicted molar refractivity (Wildman–Crippen MR) is 89.7 cm³/mol. The molecule has 2 N–H and O–H groups in total. The highest BCUT2D eigenvalue weighted by atomic mass is 16.5. The van der Waals surface area contributed by atoms with E-state index in [9.17, 15) is 9.59 Å². The van der Waals surface area contributed by atoms with Crippen molar-refractivity contribution in [3.8, 4) is 5.75 Å². The predicted octanol–water partition coefficient (Wildman–Crippen LogP) is 2.55. The first-order valence-corrected chi connectivity index (χ1v) is 7.89. The molecule has 7 nitrogen and oxygen atoms in total. The first-order chi connectivity index (χ1) is 11.3. The van der Waals surface area contributed by atoms with E-state index in [4.69, 9.17) is 19.3 Å². The summed E-state index contributed by atoms with van der Waals surface area (Å²) in [7, 11) is 0. The van der Waals surface area contributed by atoms with E-state index in [2.05, 4.69) is 5.32 Å². The standard InChI is InChI=1S/C17H25NO6/c1-5-22-8-9-23-12(4)16(19)18-14-10-13(17(20)21)6-7-15(14)24-11(2)3/h6-7,10-12H,5,8-9H2,1-4H3,(H,18,19)(H,20,21). The molecule has 7 heteroatoms. The van der Waals surface area contributed by atoms with Gasteiger partial charge in [0.05, 0.1) is 30.6 Å². The lowest BCUT2D eigenvalue weighted by atomic mass is 10.1. The van der Waals surface area contributed by atoms with Gasteiger partial charge >= 0.3 is 5.97 Å². The number of amides is 1. The number of aromatic carboxylic acids is 1. The Bertz CT molecular complexity index is 558. The van der Waals surface area contributed by atoms with Crippen LogP contribution in [0.3, 0.4) is 0 Å². The molecule has 24 heavy (non-hydrogen) atoms. The molecule has 0 aliphatic carbocycles. The van der Waals surface area contributed by atoms with Gasteiger partial charge in [0, 0.05) is 6.61 Å². The molecule has 0 heterocycles. The zero-order chi connectivity index (χ0) is 18.1. The molecule has 0 radical (unpaired) electrons. The fourth-order valence-electron chi connectivity index (χ4n) is 1.86. The molecule has 1 unspecified atom stereocenters. The summed E-state index contributed by atoms with van der Waals surface area (Å²) in [6, 6.07) is 4.32. The highest BCUT2D eigenvalue weighted by Crippen LogP contribution is 2.27. The number of carboxylic acids is 1. The fourth-order valence-corrected chi connectivity index (χ4v) is 1.86. The fraction of sp³-hybridized carbons (Fsp3) is 0.529. The summed E-state index contributed by atoms with van der Waals surface area (Å²) in [5.74, 6) is -1.06. The van der Waals surface area contributed by atoms with Crippen LogP contribution in [0.5, 0.6) is 5.75 Å². The van der Waals surface area contributed by atoms with Gasteiger partial charge in [-0.05, 0) is 45.9 Å². The smallest absolute Gasteiger partial charge is 0.335 e. The Labute approximate surface area is 141 Å². The molecule has 1 aromatic rings. The molecule has 0 saturated carbocycles. The SMILES string of the molecule is CCOCCOC(C)C(=O)Nc1cc(C(=O)O)ccc1OC(C)C. The average molecular weight is 339 g/mol. The van der Waals surface area contributed by atoms with Crippen molar-refractivity contribution in [1.29, 1.82) is 0 Å². The van der Waals surface area contributed by atoms with Gasteiger partial charge in [-0.2, -0.15) is 0 Å². The van der Waals surface area contributed by atoms with Crippen molar-refractivity contribution in [2.24, 2.45) is 0 Å². The highest BCUT2D eigenvalue weighted by Gasteiger charge is 2.17. The zero-order valence-electron chi connectivity index (χ0n) is 14.5. The number of carbonyl (C=O) groups is 2. The minimum atomic E-state index is -1.08. The summed E-state index contributed by atoms with van der Waals surface area (Å²) in [5, 5.41) is 11.8. The first-order valence-electron chi connectivity index (χ1n) is 7.89. The number of nitrogens with one attached hydrogen (secondary N) is 1. The molecular weight excluding hydrogens is 314 g/mol. The minimum Gasteiger partial charge on any atom is -0.489 e. The van der Waals surface area contributed by atoms with Gasteiger partial charge in [0.1, 0.15) is 11.9 Å². The van der Waals surface area contributed by atoms with Crippen LogP contribution in [0, 0.1) is 0 Å². The summed E-state index contributed by atoms with van der Waals surface area (Å²) < 4.78 is 16.1. The van der Waals surface area contributed by atoms with Crippen LogP contribution in [-0.2, 0) is 14.3 Å². The van der Waals surface area contributed by atoms with Gasteiger partial charge in [0.15, 0.2) is 0 Å². The number of ether oxygens (including phenoxy) is 3. The number of anilines is 1. The van der Waals surface area contributed by atoms with Gasteiger partial charge in [-0.25, -0.2) is 4.79 Å². The quantitative estimate of drug-likeness (QED) is 0.636. The van der Waals surface area contributed by atoms with Crippen LogP contribution in [0.15, 0.2) is 18.2 Å². The van der Waals surface area contributed by atoms with E-state index in [1.165, 1.54) is 18.2 Å². The van der Waals surface area contributed by atoms with Crippen LogP contribution in [-0.4, -0.2) is 49.0 Å². The lowest BCUT2D eigenvalue weighted by molar-refractivity contribution is -0.127. The third-order valence-corrected chi connectivity index (χ3v) is 3.02. The molecule has 1 atom stereocenters. The molecule has 0 fully saturated rings. The van der Waals surface area contributed by atoms with Crippen molar-refractivity contribution in [3.63, 3.8) is 0 Å². The topological polar surface area (TPSA) is 94.1 Å². The van der Waals surface area contributed by atoms with Crippen molar-refractivity contribution in [1.82, 2.24) is 0 Å². The molecule has 0 spiro atoms. The second-order valence-electron chi connectivity index (χ2n) is 5.38. The van der Waals surface area contributed by atoms with Crippen LogP contribution < -0.4 is 10.1 Å².